The minimum atomic E-state index is -0.0220. The molecule has 3 aromatic heterocycles. The first kappa shape index (κ1) is 18.1. The molecule has 0 spiro atoms. The fourth-order valence-electron chi connectivity index (χ4n) is 6.89. The monoisotopic (exact) mass is 447 g/mol. The summed E-state index contributed by atoms with van der Waals surface area (Å²) in [4.78, 5) is 0. The second kappa shape index (κ2) is 5.67. The Morgan fingerprint density at radius 3 is 2.14 bits per heavy atom. The number of rotatable bonds is 0. The van der Waals surface area contributed by atoms with Crippen molar-refractivity contribution in [3.05, 3.63) is 102 Å². The number of para-hydroxylation sites is 2. The fraction of sp³-hybridized carbons (Fsp3) is 0.0909. The lowest BCUT2D eigenvalue weighted by atomic mass is 9.82. The second-order valence-corrected chi connectivity index (χ2v) is 10.6. The highest BCUT2D eigenvalue weighted by Gasteiger charge is 2.36. The first-order valence-corrected chi connectivity index (χ1v) is 12.3. The van der Waals surface area contributed by atoms with E-state index >= 15 is 0 Å². The van der Waals surface area contributed by atoms with Crippen molar-refractivity contribution < 1.29 is 4.42 Å². The molecule has 8 aromatic rings. The van der Waals surface area contributed by atoms with Crippen LogP contribution < -0.4 is 0 Å². The van der Waals surface area contributed by atoms with Gasteiger partial charge in [0.25, 0.3) is 0 Å². The Morgan fingerprint density at radius 2 is 1.26 bits per heavy atom. The molecule has 5 aromatic carbocycles. The van der Waals surface area contributed by atoms with E-state index in [1.54, 1.807) is 0 Å². The summed E-state index contributed by atoms with van der Waals surface area (Å²) in [5.41, 5.74) is 11.3. The summed E-state index contributed by atoms with van der Waals surface area (Å²) in [6.45, 7) is 4.72. The predicted molar refractivity (Wildman–Crippen MR) is 146 cm³/mol. The summed E-state index contributed by atoms with van der Waals surface area (Å²) >= 11 is 0. The van der Waals surface area contributed by atoms with Gasteiger partial charge in [-0.2, -0.15) is 0 Å². The van der Waals surface area contributed by atoms with E-state index in [0.29, 0.717) is 0 Å². The van der Waals surface area contributed by atoms with E-state index < -0.39 is 0 Å². The number of hydrogen-bond acceptors (Lipinski definition) is 1. The molecule has 0 unspecified atom stereocenters. The van der Waals surface area contributed by atoms with Crippen molar-refractivity contribution in [2.45, 2.75) is 19.3 Å². The lowest BCUT2D eigenvalue weighted by Gasteiger charge is -2.21. The molecule has 0 saturated heterocycles. The summed E-state index contributed by atoms with van der Waals surface area (Å²) in [5.74, 6) is 0. The van der Waals surface area contributed by atoms with Gasteiger partial charge in [0.2, 0.25) is 0 Å². The van der Waals surface area contributed by atoms with Crippen molar-refractivity contribution in [3.8, 4) is 11.1 Å². The molecule has 164 valence electrons. The van der Waals surface area contributed by atoms with E-state index in [-0.39, 0.29) is 5.41 Å². The second-order valence-electron chi connectivity index (χ2n) is 10.6. The fourth-order valence-corrected chi connectivity index (χ4v) is 6.89. The largest absolute Gasteiger partial charge is 0.456 e. The van der Waals surface area contributed by atoms with Crippen LogP contribution in [0.4, 0.5) is 0 Å². The van der Waals surface area contributed by atoms with Crippen LogP contribution in [0.3, 0.4) is 0 Å². The van der Waals surface area contributed by atoms with Gasteiger partial charge in [-0.25, -0.2) is 0 Å². The normalized spacial score (nSPS) is 14.8. The molecular formula is C33H21NO. The Morgan fingerprint density at radius 1 is 0.543 bits per heavy atom. The number of fused-ring (bicyclic) bond motifs is 12. The average molecular weight is 448 g/mol. The summed E-state index contributed by atoms with van der Waals surface area (Å²) in [5, 5.41) is 7.54. The van der Waals surface area contributed by atoms with Gasteiger partial charge in [0.1, 0.15) is 11.2 Å². The van der Waals surface area contributed by atoms with Gasteiger partial charge in [-0.1, -0.05) is 74.5 Å². The number of furan rings is 1. The van der Waals surface area contributed by atoms with Gasteiger partial charge in [-0.3, -0.25) is 0 Å². The summed E-state index contributed by atoms with van der Waals surface area (Å²) < 4.78 is 8.75. The van der Waals surface area contributed by atoms with Gasteiger partial charge < -0.3 is 8.82 Å². The van der Waals surface area contributed by atoms with Gasteiger partial charge in [0.15, 0.2) is 0 Å². The minimum Gasteiger partial charge on any atom is -0.456 e. The predicted octanol–water partition coefficient (Wildman–Crippen LogP) is 9.04. The molecule has 0 atom stereocenters. The Kier molecular flexibility index (Phi) is 2.93. The standard InChI is InChI=1S/C33H21NO/c1-33(2)26-12-5-3-8-18(26)22-14-23-20-10-7-11-21-24-16-31-25(19-9-4-6-13-30(19)35-31)15-28(24)34(32(20)21)29(23)17-27(22)33/h3-17H,1-2H3. The van der Waals surface area contributed by atoms with Crippen LogP contribution in [0.2, 0.25) is 0 Å². The Bertz CT molecular complexity index is 2190. The van der Waals surface area contributed by atoms with Crippen LogP contribution in [0.5, 0.6) is 0 Å². The Balaban J connectivity index is 1.51. The van der Waals surface area contributed by atoms with Gasteiger partial charge in [0.05, 0.1) is 16.6 Å². The topological polar surface area (TPSA) is 17.6 Å². The molecule has 0 fully saturated rings. The van der Waals surface area contributed by atoms with Gasteiger partial charge in [-0.15, -0.1) is 0 Å². The van der Waals surface area contributed by atoms with E-state index in [4.69, 9.17) is 4.42 Å². The molecule has 0 radical (unpaired) electrons. The Hall–Kier alpha value is -4.30. The van der Waals surface area contributed by atoms with Crippen molar-refractivity contribution >= 4 is 60.0 Å². The van der Waals surface area contributed by atoms with E-state index in [0.717, 1.165) is 11.2 Å². The smallest absolute Gasteiger partial charge is 0.136 e. The zero-order valence-corrected chi connectivity index (χ0v) is 19.5. The molecule has 0 N–H and O–H groups in total. The molecule has 9 rings (SSSR count). The van der Waals surface area contributed by atoms with Gasteiger partial charge in [-0.05, 0) is 52.6 Å². The third kappa shape index (κ3) is 1.96. The average Bonchev–Trinajstić information content (AvgIpc) is 3.57. The molecule has 2 nitrogen and oxygen atoms in total. The maximum absolute atomic E-state index is 6.25. The van der Waals surface area contributed by atoms with Crippen molar-refractivity contribution in [3.63, 3.8) is 0 Å². The lowest BCUT2D eigenvalue weighted by Crippen LogP contribution is -2.14. The van der Waals surface area contributed by atoms with Crippen molar-refractivity contribution in [2.75, 3.05) is 0 Å². The van der Waals surface area contributed by atoms with Crippen LogP contribution in [-0.4, -0.2) is 4.40 Å². The first-order chi connectivity index (χ1) is 17.1. The minimum absolute atomic E-state index is 0.0220. The number of aromatic nitrogens is 1. The molecule has 0 aliphatic heterocycles. The molecule has 0 bridgehead atoms. The van der Waals surface area contributed by atoms with E-state index in [2.05, 4.69) is 103 Å². The summed E-state index contributed by atoms with van der Waals surface area (Å²) in [6.07, 6.45) is 0. The quantitative estimate of drug-likeness (QED) is 0.227. The van der Waals surface area contributed by atoms with Crippen molar-refractivity contribution in [2.24, 2.45) is 0 Å². The highest BCUT2D eigenvalue weighted by molar-refractivity contribution is 6.26. The highest BCUT2D eigenvalue weighted by Crippen LogP contribution is 2.51. The van der Waals surface area contributed by atoms with E-state index in [9.17, 15) is 0 Å². The van der Waals surface area contributed by atoms with Gasteiger partial charge in [0, 0.05) is 37.7 Å². The third-order valence-electron chi connectivity index (χ3n) is 8.52. The van der Waals surface area contributed by atoms with Crippen LogP contribution in [0.15, 0.2) is 95.4 Å². The van der Waals surface area contributed by atoms with E-state index in [1.807, 2.05) is 6.07 Å². The van der Waals surface area contributed by atoms with Crippen LogP contribution in [0.25, 0.3) is 71.2 Å². The summed E-state index contributed by atoms with van der Waals surface area (Å²) in [7, 11) is 0. The molecule has 1 aliphatic rings. The molecule has 1 aliphatic carbocycles. The van der Waals surface area contributed by atoms with Crippen LogP contribution in [0, 0.1) is 0 Å². The highest BCUT2D eigenvalue weighted by atomic mass is 16.3. The van der Waals surface area contributed by atoms with E-state index in [1.165, 1.54) is 71.1 Å². The molecule has 3 heterocycles. The van der Waals surface area contributed by atoms with Gasteiger partial charge >= 0.3 is 0 Å². The van der Waals surface area contributed by atoms with Crippen LogP contribution in [0.1, 0.15) is 25.0 Å². The molecule has 0 saturated carbocycles. The summed E-state index contributed by atoms with van der Waals surface area (Å²) in [6, 6.07) is 33.5. The number of nitrogens with zero attached hydrogens (tertiary/aromatic N) is 1. The molecule has 2 heteroatoms. The first-order valence-electron chi connectivity index (χ1n) is 12.3. The molecule has 0 amide bonds. The molecule has 35 heavy (non-hydrogen) atoms. The van der Waals surface area contributed by atoms with Crippen LogP contribution >= 0.6 is 0 Å². The maximum Gasteiger partial charge on any atom is 0.136 e. The zero-order chi connectivity index (χ0) is 23.1. The van der Waals surface area contributed by atoms with Crippen molar-refractivity contribution in [1.82, 2.24) is 4.40 Å². The SMILES string of the molecule is CC1(C)c2ccccc2-c2cc3c4cccc5c6cc7oc8ccccc8c7cc6n(c3cc21)c45. The number of benzene rings is 5. The van der Waals surface area contributed by atoms with Crippen molar-refractivity contribution in [1.29, 1.82) is 0 Å². The number of hydrogen-bond donors (Lipinski definition) is 0. The lowest BCUT2D eigenvalue weighted by molar-refractivity contribution is 0.661. The van der Waals surface area contributed by atoms with Crippen LogP contribution in [-0.2, 0) is 5.41 Å². The zero-order valence-electron chi connectivity index (χ0n) is 19.5. The Labute approximate surface area is 201 Å². The molecular weight excluding hydrogens is 426 g/mol. The maximum atomic E-state index is 6.25. The third-order valence-corrected chi connectivity index (χ3v) is 8.52.